The van der Waals surface area contributed by atoms with E-state index in [1.54, 1.807) is 17.7 Å². The summed E-state index contributed by atoms with van der Waals surface area (Å²) in [7, 11) is 0. The normalized spacial score (nSPS) is 10.9. The van der Waals surface area contributed by atoms with Crippen LogP contribution in [0.2, 0.25) is 5.15 Å². The maximum absolute atomic E-state index is 5.64. The van der Waals surface area contributed by atoms with E-state index in [1.165, 1.54) is 0 Å². The minimum Gasteiger partial charge on any atom is -0.309 e. The third-order valence-electron chi connectivity index (χ3n) is 1.49. The van der Waals surface area contributed by atoms with Crippen LogP contribution in [0.1, 0.15) is 5.56 Å². The first-order chi connectivity index (χ1) is 6.33. The topological polar surface area (TPSA) is 24.9 Å². The maximum Gasteiger partial charge on any atom is 0.129 e. The average molecular weight is 215 g/mol. The molecule has 0 amide bonds. The molecule has 0 radical (unpaired) electrons. The van der Waals surface area contributed by atoms with Crippen molar-refractivity contribution in [3.05, 3.63) is 40.5 Å². The zero-order valence-corrected chi connectivity index (χ0v) is 8.72. The smallest absolute Gasteiger partial charge is 0.129 e. The Morgan fingerprint density at radius 3 is 3.00 bits per heavy atom. The first kappa shape index (κ1) is 10.6. The highest BCUT2D eigenvalue weighted by atomic mass is 35.5. The van der Waals surface area contributed by atoms with Gasteiger partial charge in [0.2, 0.25) is 0 Å². The van der Waals surface area contributed by atoms with Gasteiger partial charge in [-0.25, -0.2) is 4.98 Å². The predicted octanol–water partition coefficient (Wildman–Crippen LogP) is 2.27. The minimum atomic E-state index is 0.527. The molecule has 0 saturated heterocycles. The lowest BCUT2D eigenvalue weighted by Crippen LogP contribution is -2.12. The Hall–Kier alpha value is -0.510. The summed E-state index contributed by atoms with van der Waals surface area (Å²) in [4.78, 5) is 3.97. The standard InChI is InChI=1S/C9H11ClN2S/c10-9-3-2-8(7-12-9)6-11-4-1-5-13/h1-3,5,7,11,13H,4,6H2. The van der Waals surface area contributed by atoms with E-state index >= 15 is 0 Å². The molecule has 2 nitrogen and oxygen atoms in total. The van der Waals surface area contributed by atoms with Crippen LogP contribution in [0.5, 0.6) is 0 Å². The minimum absolute atomic E-state index is 0.527. The number of halogens is 1. The number of hydrogen-bond acceptors (Lipinski definition) is 3. The van der Waals surface area contributed by atoms with Crippen LogP contribution in [0.25, 0.3) is 0 Å². The summed E-state index contributed by atoms with van der Waals surface area (Å²) >= 11 is 9.59. The summed E-state index contributed by atoms with van der Waals surface area (Å²) in [5, 5.41) is 5.45. The van der Waals surface area contributed by atoms with Crippen molar-refractivity contribution in [1.82, 2.24) is 10.3 Å². The van der Waals surface area contributed by atoms with Crippen LogP contribution >= 0.6 is 24.2 Å². The van der Waals surface area contributed by atoms with Gasteiger partial charge in [0.25, 0.3) is 0 Å². The molecule has 1 aromatic heterocycles. The first-order valence-corrected chi connectivity index (χ1v) is 4.82. The number of hydrogen-bond donors (Lipinski definition) is 2. The fourth-order valence-electron chi connectivity index (χ4n) is 0.864. The lowest BCUT2D eigenvalue weighted by molar-refractivity contribution is 0.757. The fourth-order valence-corrected chi connectivity index (χ4v) is 1.08. The summed E-state index contributed by atoms with van der Waals surface area (Å²) in [6.07, 6.45) is 3.70. The molecule has 1 rings (SSSR count). The molecular weight excluding hydrogens is 204 g/mol. The highest BCUT2D eigenvalue weighted by Gasteiger charge is 1.91. The van der Waals surface area contributed by atoms with Crippen molar-refractivity contribution in [3.63, 3.8) is 0 Å². The third-order valence-corrected chi connectivity index (χ3v) is 1.92. The number of thiol groups is 1. The molecule has 4 heteroatoms. The Bertz CT molecular complexity index is 271. The average Bonchev–Trinajstić information content (AvgIpc) is 2.15. The van der Waals surface area contributed by atoms with E-state index in [0.717, 1.165) is 18.7 Å². The molecule has 0 unspecified atom stereocenters. The SMILES string of the molecule is SC=CCNCc1ccc(Cl)nc1. The van der Waals surface area contributed by atoms with Crippen molar-refractivity contribution in [3.8, 4) is 0 Å². The molecule has 0 saturated carbocycles. The van der Waals surface area contributed by atoms with E-state index in [4.69, 9.17) is 11.6 Å². The Balaban J connectivity index is 2.33. The summed E-state index contributed by atoms with van der Waals surface area (Å²) in [5.41, 5.74) is 1.12. The Morgan fingerprint density at radius 1 is 1.54 bits per heavy atom. The number of nitrogens with one attached hydrogen (secondary N) is 1. The number of nitrogens with zero attached hydrogens (tertiary/aromatic N) is 1. The van der Waals surface area contributed by atoms with Crippen molar-refractivity contribution in [1.29, 1.82) is 0 Å². The lowest BCUT2D eigenvalue weighted by atomic mass is 10.3. The van der Waals surface area contributed by atoms with E-state index in [9.17, 15) is 0 Å². The van der Waals surface area contributed by atoms with Crippen molar-refractivity contribution >= 4 is 24.2 Å². The highest BCUT2D eigenvalue weighted by Crippen LogP contribution is 2.04. The molecule has 0 fully saturated rings. The van der Waals surface area contributed by atoms with E-state index < -0.39 is 0 Å². The molecule has 1 aromatic rings. The van der Waals surface area contributed by atoms with Gasteiger partial charge in [0.15, 0.2) is 0 Å². The van der Waals surface area contributed by atoms with Crippen LogP contribution in [-0.2, 0) is 6.54 Å². The lowest BCUT2D eigenvalue weighted by Gasteiger charge is -2.00. The largest absolute Gasteiger partial charge is 0.309 e. The van der Waals surface area contributed by atoms with Crippen LogP contribution in [-0.4, -0.2) is 11.5 Å². The van der Waals surface area contributed by atoms with Gasteiger partial charge in [0.1, 0.15) is 5.15 Å². The molecule has 0 spiro atoms. The Morgan fingerprint density at radius 2 is 2.38 bits per heavy atom. The number of aromatic nitrogens is 1. The van der Waals surface area contributed by atoms with Crippen molar-refractivity contribution in [2.45, 2.75) is 6.54 Å². The second-order valence-electron chi connectivity index (χ2n) is 2.50. The van der Waals surface area contributed by atoms with Crippen LogP contribution in [0, 0.1) is 0 Å². The molecular formula is C9H11ClN2S. The third kappa shape index (κ3) is 4.31. The number of pyridine rings is 1. The van der Waals surface area contributed by atoms with E-state index in [1.807, 2.05) is 12.1 Å². The van der Waals surface area contributed by atoms with Gasteiger partial charge in [-0.05, 0) is 17.0 Å². The molecule has 70 valence electrons. The van der Waals surface area contributed by atoms with Crippen LogP contribution in [0.15, 0.2) is 29.8 Å². The summed E-state index contributed by atoms with van der Waals surface area (Å²) in [5.74, 6) is 0. The second-order valence-corrected chi connectivity index (χ2v) is 3.19. The molecule has 0 aromatic carbocycles. The first-order valence-electron chi connectivity index (χ1n) is 3.93. The van der Waals surface area contributed by atoms with Gasteiger partial charge in [-0.1, -0.05) is 23.7 Å². The van der Waals surface area contributed by atoms with Crippen LogP contribution < -0.4 is 5.32 Å². The second kappa shape index (κ2) is 6.02. The molecule has 0 bridgehead atoms. The zero-order valence-electron chi connectivity index (χ0n) is 7.07. The molecule has 13 heavy (non-hydrogen) atoms. The summed E-state index contributed by atoms with van der Waals surface area (Å²) in [6.45, 7) is 1.61. The highest BCUT2D eigenvalue weighted by molar-refractivity contribution is 7.83. The molecule has 0 aliphatic rings. The van der Waals surface area contributed by atoms with Gasteiger partial charge in [-0.15, -0.1) is 0 Å². The fraction of sp³-hybridized carbons (Fsp3) is 0.222. The molecule has 1 N–H and O–H groups in total. The Kier molecular flexibility index (Phi) is 4.90. The van der Waals surface area contributed by atoms with Crippen molar-refractivity contribution in [2.75, 3.05) is 6.54 Å². The van der Waals surface area contributed by atoms with Gasteiger partial charge < -0.3 is 5.32 Å². The quantitative estimate of drug-likeness (QED) is 0.457. The zero-order chi connectivity index (χ0) is 9.52. The van der Waals surface area contributed by atoms with Gasteiger partial charge in [0.05, 0.1) is 0 Å². The maximum atomic E-state index is 5.64. The monoisotopic (exact) mass is 214 g/mol. The molecule has 0 aliphatic heterocycles. The molecule has 0 atom stereocenters. The van der Waals surface area contributed by atoms with E-state index in [2.05, 4.69) is 22.9 Å². The van der Waals surface area contributed by atoms with Crippen LogP contribution in [0.3, 0.4) is 0 Å². The van der Waals surface area contributed by atoms with Gasteiger partial charge >= 0.3 is 0 Å². The van der Waals surface area contributed by atoms with Crippen molar-refractivity contribution < 1.29 is 0 Å². The molecule has 0 aliphatic carbocycles. The summed E-state index contributed by atoms with van der Waals surface area (Å²) in [6, 6.07) is 3.74. The summed E-state index contributed by atoms with van der Waals surface area (Å²) < 4.78 is 0. The number of rotatable bonds is 4. The van der Waals surface area contributed by atoms with Gasteiger partial charge in [0, 0.05) is 19.3 Å². The van der Waals surface area contributed by atoms with E-state index in [-0.39, 0.29) is 0 Å². The van der Waals surface area contributed by atoms with Gasteiger partial charge in [-0.2, -0.15) is 12.6 Å². The van der Waals surface area contributed by atoms with Crippen molar-refractivity contribution in [2.24, 2.45) is 0 Å². The molecule has 1 heterocycles. The van der Waals surface area contributed by atoms with Gasteiger partial charge in [-0.3, -0.25) is 0 Å². The van der Waals surface area contributed by atoms with E-state index in [0.29, 0.717) is 5.15 Å². The Labute approximate surface area is 88.4 Å². The van der Waals surface area contributed by atoms with Crippen LogP contribution in [0.4, 0.5) is 0 Å². The predicted molar refractivity (Wildman–Crippen MR) is 59.1 cm³/mol.